The van der Waals surface area contributed by atoms with Gasteiger partial charge in [0.05, 0.1) is 0 Å². The predicted octanol–water partition coefficient (Wildman–Crippen LogP) is 5.98. The minimum absolute atomic E-state index is 0. The Morgan fingerprint density at radius 1 is 0.966 bits per heavy atom. The van der Waals surface area contributed by atoms with Crippen LogP contribution >= 0.6 is 24.0 Å². The molecule has 1 aliphatic rings. The molecule has 0 N–H and O–H groups in total. The molecule has 0 saturated heterocycles. The van der Waals surface area contributed by atoms with E-state index < -0.39 is 0 Å². The summed E-state index contributed by atoms with van der Waals surface area (Å²) in [5, 5.41) is 0.626. The highest BCUT2D eigenvalue weighted by Gasteiger charge is 2.28. The van der Waals surface area contributed by atoms with E-state index in [-0.39, 0.29) is 24.5 Å². The number of hydrogen-bond acceptors (Lipinski definition) is 3. The average Bonchev–Trinajstić information content (AvgIpc) is 2.69. The van der Waals surface area contributed by atoms with Crippen LogP contribution in [0.5, 0.6) is 5.75 Å². The second kappa shape index (κ2) is 10.9. The number of carbonyl (C=O) groups is 1. The standard InChI is InChI=1S/C23H29ClN2O2.ClH/c1-25(2)16-17-4-6-18(7-5-17)19-8-12-21(13-9-19)26(3)23(27)28-22-14-10-20(24)11-15-22;/h4-7,10-11,14-15,19,21H,8-9,12-13,16H2,1-3H3;1H/t19-,21-;. The van der Waals surface area contributed by atoms with Gasteiger partial charge in [-0.1, -0.05) is 35.9 Å². The van der Waals surface area contributed by atoms with Crippen molar-refractivity contribution in [3.8, 4) is 5.75 Å². The Bertz CT molecular complexity index is 770. The van der Waals surface area contributed by atoms with Crippen molar-refractivity contribution in [1.82, 2.24) is 9.80 Å². The SMILES string of the molecule is CN(C)Cc1ccc([C@H]2CC[C@H](N(C)C(=O)Oc3ccc(Cl)cc3)CC2)cc1.Cl. The van der Waals surface area contributed by atoms with Crippen LogP contribution in [0.3, 0.4) is 0 Å². The number of carbonyl (C=O) groups excluding carboxylic acids is 1. The van der Waals surface area contributed by atoms with Gasteiger partial charge in [-0.25, -0.2) is 4.79 Å². The fraction of sp³-hybridized carbons (Fsp3) is 0.435. The highest BCUT2D eigenvalue weighted by atomic mass is 35.5. The lowest BCUT2D eigenvalue weighted by atomic mass is 9.81. The van der Waals surface area contributed by atoms with Crippen molar-refractivity contribution in [2.75, 3.05) is 21.1 Å². The minimum atomic E-state index is -0.307. The second-order valence-corrected chi connectivity index (χ2v) is 8.35. The maximum atomic E-state index is 12.4. The topological polar surface area (TPSA) is 32.8 Å². The van der Waals surface area contributed by atoms with Gasteiger partial charge >= 0.3 is 6.09 Å². The zero-order valence-electron chi connectivity index (χ0n) is 17.3. The van der Waals surface area contributed by atoms with E-state index in [1.54, 1.807) is 29.2 Å². The molecule has 0 radical (unpaired) electrons. The first-order chi connectivity index (χ1) is 13.4. The molecule has 0 aromatic heterocycles. The summed E-state index contributed by atoms with van der Waals surface area (Å²) in [7, 11) is 6.01. The van der Waals surface area contributed by atoms with Crippen molar-refractivity contribution < 1.29 is 9.53 Å². The Labute approximate surface area is 185 Å². The molecule has 0 atom stereocenters. The lowest BCUT2D eigenvalue weighted by Gasteiger charge is -2.34. The van der Waals surface area contributed by atoms with Crippen LogP contribution in [0.15, 0.2) is 48.5 Å². The molecule has 1 saturated carbocycles. The number of benzene rings is 2. The van der Waals surface area contributed by atoms with Crippen LogP contribution in [0.1, 0.15) is 42.7 Å². The lowest BCUT2D eigenvalue weighted by molar-refractivity contribution is 0.130. The van der Waals surface area contributed by atoms with E-state index in [0.717, 1.165) is 32.2 Å². The van der Waals surface area contributed by atoms with Gasteiger partial charge in [0, 0.05) is 24.7 Å². The molecule has 0 bridgehead atoms. The van der Waals surface area contributed by atoms with Gasteiger partial charge in [-0.2, -0.15) is 0 Å². The van der Waals surface area contributed by atoms with E-state index >= 15 is 0 Å². The highest BCUT2D eigenvalue weighted by Crippen LogP contribution is 2.35. The van der Waals surface area contributed by atoms with Crippen molar-refractivity contribution in [3.63, 3.8) is 0 Å². The molecule has 0 aliphatic heterocycles. The summed E-state index contributed by atoms with van der Waals surface area (Å²) in [4.78, 5) is 16.4. The van der Waals surface area contributed by atoms with Crippen molar-refractivity contribution in [2.24, 2.45) is 0 Å². The van der Waals surface area contributed by atoms with Crippen LogP contribution in [0, 0.1) is 0 Å². The third kappa shape index (κ3) is 6.63. The molecule has 1 aliphatic carbocycles. The van der Waals surface area contributed by atoms with Crippen LogP contribution in [0.4, 0.5) is 4.79 Å². The highest BCUT2D eigenvalue weighted by molar-refractivity contribution is 6.30. The molecular weight excluding hydrogens is 407 g/mol. The molecule has 2 aromatic carbocycles. The van der Waals surface area contributed by atoms with Gasteiger partial charge < -0.3 is 14.5 Å². The molecule has 1 fully saturated rings. The molecule has 0 unspecified atom stereocenters. The molecule has 3 rings (SSSR count). The first-order valence-corrected chi connectivity index (χ1v) is 10.2. The fourth-order valence-electron chi connectivity index (χ4n) is 3.88. The average molecular weight is 437 g/mol. The minimum Gasteiger partial charge on any atom is -0.410 e. The normalized spacial score (nSPS) is 18.8. The number of ether oxygens (including phenoxy) is 1. The van der Waals surface area contributed by atoms with Gasteiger partial charge in [0.25, 0.3) is 0 Å². The first-order valence-electron chi connectivity index (χ1n) is 9.86. The number of hydrogen-bond donors (Lipinski definition) is 0. The summed E-state index contributed by atoms with van der Waals surface area (Å²) in [5.74, 6) is 1.10. The zero-order chi connectivity index (χ0) is 20.1. The zero-order valence-corrected chi connectivity index (χ0v) is 18.9. The number of nitrogens with zero attached hydrogens (tertiary/aromatic N) is 2. The van der Waals surface area contributed by atoms with Crippen LogP contribution in [-0.4, -0.2) is 43.1 Å². The van der Waals surface area contributed by atoms with Gasteiger partial charge in [0.2, 0.25) is 0 Å². The molecule has 2 aromatic rings. The largest absolute Gasteiger partial charge is 0.415 e. The Hall–Kier alpha value is -1.75. The third-order valence-electron chi connectivity index (χ3n) is 5.50. The van der Waals surface area contributed by atoms with Crippen molar-refractivity contribution in [1.29, 1.82) is 0 Å². The smallest absolute Gasteiger partial charge is 0.410 e. The van der Waals surface area contributed by atoms with Crippen LogP contribution in [0.2, 0.25) is 5.02 Å². The third-order valence-corrected chi connectivity index (χ3v) is 5.75. The van der Waals surface area contributed by atoms with Crippen LogP contribution in [-0.2, 0) is 6.54 Å². The first kappa shape index (κ1) is 23.5. The summed E-state index contributed by atoms with van der Waals surface area (Å²) in [6.45, 7) is 0.966. The van der Waals surface area contributed by atoms with E-state index in [0.29, 0.717) is 16.7 Å². The molecule has 0 spiro atoms. The summed E-state index contributed by atoms with van der Waals surface area (Å²) < 4.78 is 5.47. The van der Waals surface area contributed by atoms with E-state index in [2.05, 4.69) is 43.3 Å². The number of halogens is 2. The maximum Gasteiger partial charge on any atom is 0.415 e. The molecule has 4 nitrogen and oxygen atoms in total. The van der Waals surface area contributed by atoms with Crippen molar-refractivity contribution >= 4 is 30.1 Å². The monoisotopic (exact) mass is 436 g/mol. The van der Waals surface area contributed by atoms with Crippen molar-refractivity contribution in [2.45, 2.75) is 44.2 Å². The molecule has 1 amide bonds. The lowest BCUT2D eigenvalue weighted by Crippen LogP contribution is -2.40. The predicted molar refractivity (Wildman–Crippen MR) is 121 cm³/mol. The Kier molecular flexibility index (Phi) is 8.81. The van der Waals surface area contributed by atoms with Crippen LogP contribution < -0.4 is 4.74 Å². The number of rotatable bonds is 5. The molecule has 0 heterocycles. The Morgan fingerprint density at radius 3 is 2.10 bits per heavy atom. The van der Waals surface area contributed by atoms with Gasteiger partial charge in [0.15, 0.2) is 0 Å². The Balaban J connectivity index is 0.00000300. The van der Waals surface area contributed by atoms with Crippen LogP contribution in [0.25, 0.3) is 0 Å². The summed E-state index contributed by atoms with van der Waals surface area (Å²) >= 11 is 5.87. The van der Waals surface area contributed by atoms with E-state index in [1.807, 2.05) is 7.05 Å². The fourth-order valence-corrected chi connectivity index (χ4v) is 4.01. The van der Waals surface area contributed by atoms with E-state index in [4.69, 9.17) is 16.3 Å². The van der Waals surface area contributed by atoms with E-state index in [9.17, 15) is 4.79 Å². The summed E-state index contributed by atoms with van der Waals surface area (Å²) in [6.07, 6.45) is 3.87. The van der Waals surface area contributed by atoms with Gasteiger partial charge in [-0.05, 0) is 81.1 Å². The van der Waals surface area contributed by atoms with Crippen molar-refractivity contribution in [3.05, 3.63) is 64.7 Å². The van der Waals surface area contributed by atoms with Gasteiger partial charge in [-0.15, -0.1) is 12.4 Å². The molecular formula is C23H30Cl2N2O2. The quantitative estimate of drug-likeness (QED) is 0.577. The molecule has 158 valence electrons. The molecule has 6 heteroatoms. The van der Waals surface area contributed by atoms with Gasteiger partial charge in [-0.3, -0.25) is 0 Å². The Morgan fingerprint density at radius 2 is 1.55 bits per heavy atom. The molecule has 29 heavy (non-hydrogen) atoms. The van der Waals surface area contributed by atoms with E-state index in [1.165, 1.54) is 11.1 Å². The maximum absolute atomic E-state index is 12.4. The number of amides is 1. The summed E-state index contributed by atoms with van der Waals surface area (Å²) in [6, 6.07) is 16.1. The summed E-state index contributed by atoms with van der Waals surface area (Å²) in [5.41, 5.74) is 2.75. The van der Waals surface area contributed by atoms with Gasteiger partial charge in [0.1, 0.15) is 5.75 Å². The second-order valence-electron chi connectivity index (χ2n) is 7.92.